The summed E-state index contributed by atoms with van der Waals surface area (Å²) in [5, 5.41) is 0. The van der Waals surface area contributed by atoms with E-state index in [0.717, 1.165) is 12.8 Å². The molecule has 0 aromatic rings. The molecule has 0 N–H and O–H groups in total. The number of esters is 2. The van der Waals surface area contributed by atoms with E-state index >= 15 is 0 Å². The number of nitrogens with zero attached hydrogens (tertiary/aromatic N) is 3. The van der Waals surface area contributed by atoms with Gasteiger partial charge in [-0.3, -0.25) is 24.3 Å². The molecule has 0 aromatic carbocycles. The fourth-order valence-electron chi connectivity index (χ4n) is 8.30. The van der Waals surface area contributed by atoms with Gasteiger partial charge < -0.3 is 14.2 Å². The Balaban J connectivity index is 1.75. The smallest absolute Gasteiger partial charge is 0.320 e. The van der Waals surface area contributed by atoms with Gasteiger partial charge >= 0.3 is 11.9 Å². The van der Waals surface area contributed by atoms with Gasteiger partial charge in [0.15, 0.2) is 5.92 Å². The molecule has 0 radical (unpaired) electrons. The normalized spacial score (nSPS) is 28.1. The second-order valence-electron chi connectivity index (χ2n) is 17.7. The number of carbonyl (C=O) groups excluding carboxylic acids is 2. The maximum Gasteiger partial charge on any atom is 0.320 e. The van der Waals surface area contributed by atoms with E-state index in [4.69, 9.17) is 14.2 Å². The number of hydrogen-bond acceptors (Lipinski definition) is 8. The van der Waals surface area contributed by atoms with Gasteiger partial charge in [-0.1, -0.05) is 0 Å². The average molecular weight is 608 g/mol. The average Bonchev–Trinajstić information content (AvgIpc) is 2.80. The minimum atomic E-state index is -1.01. The molecule has 3 rings (SSSR count). The van der Waals surface area contributed by atoms with E-state index in [-0.39, 0.29) is 58.0 Å². The highest BCUT2D eigenvalue weighted by molar-refractivity contribution is 5.95. The molecular formula is C35H65N3O5. The van der Waals surface area contributed by atoms with Gasteiger partial charge in [0, 0.05) is 65.5 Å². The topological polar surface area (TPSA) is 71.5 Å². The van der Waals surface area contributed by atoms with Crippen molar-refractivity contribution in [1.29, 1.82) is 0 Å². The lowest BCUT2D eigenvalue weighted by Gasteiger charge is -2.53. The van der Waals surface area contributed by atoms with Crippen molar-refractivity contribution in [3.63, 3.8) is 0 Å². The summed E-state index contributed by atoms with van der Waals surface area (Å²) in [6, 6.07) is 0. The van der Waals surface area contributed by atoms with Gasteiger partial charge in [0.2, 0.25) is 0 Å². The number of carbonyl (C=O) groups is 2. The van der Waals surface area contributed by atoms with E-state index in [1.807, 2.05) is 0 Å². The summed E-state index contributed by atoms with van der Waals surface area (Å²) in [6.07, 6.45) is 4.44. The zero-order valence-electron chi connectivity index (χ0n) is 30.3. The van der Waals surface area contributed by atoms with Crippen LogP contribution in [0.3, 0.4) is 0 Å². The Kier molecular flexibility index (Phi) is 10.3. The molecule has 0 spiro atoms. The Morgan fingerprint density at radius 2 is 0.791 bits per heavy atom. The van der Waals surface area contributed by atoms with Crippen molar-refractivity contribution in [2.75, 3.05) is 27.7 Å². The van der Waals surface area contributed by atoms with Gasteiger partial charge in [0.05, 0.1) is 6.10 Å². The third-order valence-electron chi connectivity index (χ3n) is 11.7. The summed E-state index contributed by atoms with van der Waals surface area (Å²) >= 11 is 0. The number of ether oxygens (including phenoxy) is 3. The van der Waals surface area contributed by atoms with Crippen LogP contribution in [0.4, 0.5) is 0 Å². The minimum Gasteiger partial charge on any atom is -0.462 e. The van der Waals surface area contributed by atoms with Crippen LogP contribution in [0, 0.1) is 5.92 Å². The third kappa shape index (κ3) is 8.14. The van der Waals surface area contributed by atoms with Crippen molar-refractivity contribution in [1.82, 2.24) is 14.7 Å². The van der Waals surface area contributed by atoms with Crippen LogP contribution in [0.1, 0.15) is 128 Å². The molecule has 0 saturated carbocycles. The molecule has 3 heterocycles. The largest absolute Gasteiger partial charge is 0.462 e. The summed E-state index contributed by atoms with van der Waals surface area (Å²) in [7, 11) is 6.44. The van der Waals surface area contributed by atoms with Crippen molar-refractivity contribution in [2.24, 2.45) is 5.92 Å². The number of rotatable bonds is 8. The maximum atomic E-state index is 13.8. The molecule has 0 aliphatic carbocycles. The van der Waals surface area contributed by atoms with E-state index in [1.54, 1.807) is 0 Å². The third-order valence-corrected chi connectivity index (χ3v) is 11.7. The fraction of sp³-hybridized carbons (Fsp3) is 0.943. The van der Waals surface area contributed by atoms with Crippen LogP contribution in [0.5, 0.6) is 0 Å². The molecule has 3 saturated heterocycles. The number of piperidine rings is 3. The first-order valence-electron chi connectivity index (χ1n) is 16.6. The summed E-state index contributed by atoms with van der Waals surface area (Å²) in [4.78, 5) is 34.8. The Labute approximate surface area is 263 Å². The Morgan fingerprint density at radius 1 is 0.535 bits per heavy atom. The molecular weight excluding hydrogens is 542 g/mol. The molecule has 8 nitrogen and oxygen atoms in total. The number of likely N-dealkylation sites (tertiary alicyclic amines) is 3. The molecule has 3 aliphatic heterocycles. The second-order valence-corrected chi connectivity index (χ2v) is 17.7. The summed E-state index contributed by atoms with van der Waals surface area (Å²) in [5.41, 5.74) is -0.554. The van der Waals surface area contributed by atoms with Gasteiger partial charge in [0.25, 0.3) is 0 Å². The van der Waals surface area contributed by atoms with E-state index in [0.29, 0.717) is 32.3 Å². The highest BCUT2D eigenvalue weighted by Gasteiger charge is 2.48. The van der Waals surface area contributed by atoms with E-state index in [2.05, 4.69) is 119 Å². The van der Waals surface area contributed by atoms with Crippen LogP contribution in [0.15, 0.2) is 0 Å². The second kappa shape index (κ2) is 12.2. The number of hydrogen-bond donors (Lipinski definition) is 0. The molecule has 3 fully saturated rings. The minimum absolute atomic E-state index is 0.00875. The van der Waals surface area contributed by atoms with Gasteiger partial charge in [-0.2, -0.15) is 0 Å². The van der Waals surface area contributed by atoms with Crippen LogP contribution >= 0.6 is 0 Å². The lowest BCUT2D eigenvalue weighted by atomic mass is 9.78. The molecule has 0 bridgehead atoms. The Bertz CT molecular complexity index is 907. The fourth-order valence-corrected chi connectivity index (χ4v) is 8.30. The first-order chi connectivity index (χ1) is 19.3. The first-order valence-corrected chi connectivity index (χ1v) is 16.6. The standard InChI is InChI=1S/C35H65N3O5/c1-30(2)18-24(19-31(3,4)36(30)13)41-17-16-27(28(39)42-25-20-32(5,6)37(14)33(7,8)21-25)29(40)43-26-22-34(9,10)38(15)35(11,12)23-26/h24-27H,16-23H2,1-15H3. The summed E-state index contributed by atoms with van der Waals surface area (Å²) in [6.45, 7) is 26.8. The predicted octanol–water partition coefficient (Wildman–Crippen LogP) is 6.05. The highest BCUT2D eigenvalue weighted by Crippen LogP contribution is 2.41. The predicted molar refractivity (Wildman–Crippen MR) is 173 cm³/mol. The zero-order chi connectivity index (χ0) is 33.0. The monoisotopic (exact) mass is 607 g/mol. The van der Waals surface area contributed by atoms with Crippen molar-refractivity contribution < 1.29 is 23.8 Å². The zero-order valence-corrected chi connectivity index (χ0v) is 30.3. The molecule has 0 aromatic heterocycles. The summed E-state index contributed by atoms with van der Waals surface area (Å²) < 4.78 is 18.8. The Hall–Kier alpha value is -1.22. The van der Waals surface area contributed by atoms with Crippen molar-refractivity contribution in [2.45, 2.75) is 180 Å². The molecule has 250 valence electrons. The van der Waals surface area contributed by atoms with Gasteiger partial charge in [-0.25, -0.2) is 0 Å². The maximum absolute atomic E-state index is 13.8. The van der Waals surface area contributed by atoms with Crippen LogP contribution in [0.2, 0.25) is 0 Å². The van der Waals surface area contributed by atoms with Crippen LogP contribution < -0.4 is 0 Å². The van der Waals surface area contributed by atoms with Crippen LogP contribution in [-0.4, -0.2) is 106 Å². The van der Waals surface area contributed by atoms with E-state index in [1.165, 1.54) is 0 Å². The van der Waals surface area contributed by atoms with E-state index in [9.17, 15) is 9.59 Å². The molecule has 0 amide bonds. The SMILES string of the molecule is CN1C(C)(C)CC(OCCC(C(=O)OC2CC(C)(C)N(C)C(C)(C)C2)C(=O)OC2CC(C)(C)N(C)C(C)(C)C2)CC1(C)C. The molecule has 0 atom stereocenters. The van der Waals surface area contributed by atoms with Crippen molar-refractivity contribution >= 4 is 11.9 Å². The first kappa shape index (κ1) is 36.3. The molecule has 3 aliphatic rings. The van der Waals surface area contributed by atoms with Crippen molar-refractivity contribution in [3.8, 4) is 0 Å². The van der Waals surface area contributed by atoms with Crippen molar-refractivity contribution in [3.05, 3.63) is 0 Å². The van der Waals surface area contributed by atoms with Crippen LogP contribution in [0.25, 0.3) is 0 Å². The lowest BCUT2D eigenvalue weighted by molar-refractivity contribution is -0.178. The van der Waals surface area contributed by atoms with Gasteiger partial charge in [0.1, 0.15) is 12.2 Å². The van der Waals surface area contributed by atoms with Gasteiger partial charge in [-0.15, -0.1) is 0 Å². The van der Waals surface area contributed by atoms with Gasteiger partial charge in [-0.05, 0) is 123 Å². The lowest BCUT2D eigenvalue weighted by Crippen LogP contribution is -2.61. The highest BCUT2D eigenvalue weighted by atomic mass is 16.6. The summed E-state index contributed by atoms with van der Waals surface area (Å²) in [5.74, 6) is -1.97. The molecule has 8 heteroatoms. The molecule has 0 unspecified atom stereocenters. The van der Waals surface area contributed by atoms with E-state index < -0.39 is 17.9 Å². The quantitative estimate of drug-likeness (QED) is 0.244. The van der Waals surface area contributed by atoms with Crippen LogP contribution in [-0.2, 0) is 23.8 Å². The Morgan fingerprint density at radius 3 is 1.07 bits per heavy atom. The molecule has 43 heavy (non-hydrogen) atoms.